The molecule has 55 heavy (non-hydrogen) atoms. The molecule has 2 fully saturated rings. The summed E-state index contributed by atoms with van der Waals surface area (Å²) >= 11 is 0. The van der Waals surface area contributed by atoms with Crippen LogP contribution in [-0.2, 0) is 24.5 Å². The zero-order valence-electron chi connectivity index (χ0n) is 30.5. The van der Waals surface area contributed by atoms with E-state index < -0.39 is 44.1 Å². The molecule has 1 N–H and O–H groups in total. The molecule has 7 aromatic carbocycles. The zero-order chi connectivity index (χ0) is 37.0. The van der Waals surface area contributed by atoms with Gasteiger partial charge in [0, 0.05) is 10.8 Å². The fourth-order valence-corrected chi connectivity index (χ4v) is 9.75. The summed E-state index contributed by atoms with van der Waals surface area (Å²) in [5.74, 6) is -0.835. The highest BCUT2D eigenvalue weighted by Gasteiger charge is 2.56. The van der Waals surface area contributed by atoms with Gasteiger partial charge in [-0.25, -0.2) is 5.09 Å². The number of rotatable bonds is 8. The molecule has 8 heteroatoms. The highest BCUT2D eigenvalue weighted by atomic mass is 31.1. The van der Waals surface area contributed by atoms with E-state index in [-0.39, 0.29) is 6.61 Å². The van der Waals surface area contributed by atoms with Gasteiger partial charge in [0.15, 0.2) is 12.1 Å². The number of hydrogen-bond acceptors (Lipinski definition) is 7. The molecular weight excluding hydrogens is 705 g/mol. The van der Waals surface area contributed by atoms with Gasteiger partial charge in [0.25, 0.3) is 0 Å². The molecular formula is C47H40NO6P. The molecule has 0 unspecified atom stereocenters. The molecule has 7 nitrogen and oxygen atoms in total. The van der Waals surface area contributed by atoms with E-state index in [9.17, 15) is 0 Å². The first kappa shape index (κ1) is 34.3. The van der Waals surface area contributed by atoms with Gasteiger partial charge in [0.2, 0.25) is 0 Å². The Morgan fingerprint density at radius 1 is 0.582 bits per heavy atom. The Labute approximate surface area is 320 Å². The first-order valence-corrected chi connectivity index (χ1v) is 19.9. The highest BCUT2D eigenvalue weighted by Crippen LogP contribution is 2.46. The molecule has 3 heterocycles. The summed E-state index contributed by atoms with van der Waals surface area (Å²) in [5, 5.41) is 10.2. The van der Waals surface area contributed by atoms with E-state index in [1.807, 2.05) is 32.0 Å². The van der Waals surface area contributed by atoms with Gasteiger partial charge in [-0.2, -0.15) is 0 Å². The summed E-state index contributed by atoms with van der Waals surface area (Å²) in [6.45, 7) is 4.03. The summed E-state index contributed by atoms with van der Waals surface area (Å²) in [4.78, 5) is 0. The van der Waals surface area contributed by atoms with Gasteiger partial charge in [0.05, 0.1) is 12.6 Å². The highest BCUT2D eigenvalue weighted by molar-refractivity contribution is 7.38. The minimum Gasteiger partial charge on any atom is -0.408 e. The van der Waals surface area contributed by atoms with Gasteiger partial charge < -0.3 is 27.3 Å². The summed E-state index contributed by atoms with van der Waals surface area (Å²) < 4.78 is 40.7. The van der Waals surface area contributed by atoms with Crippen molar-refractivity contribution in [1.29, 1.82) is 0 Å². The minimum absolute atomic E-state index is 0.210. The lowest BCUT2D eigenvalue weighted by molar-refractivity contribution is -0.213. The Balaban J connectivity index is 1.10. The molecule has 274 valence electrons. The standard InChI is InChI=1S/C47H40NO6P/c1-46(2)51-44-43(48-55-53-38-28-26-31-16-12-14-24-36(31)41(38)42-37-25-15-13-17-32(37)27-29-39(42)54-55)40(50-45(44)52-46)30-49-47(33-18-6-3-7-19-33,34-20-8-4-9-21-34)35-22-10-5-11-23-35/h3-29,40,43-45,48H,30H2,1-2H3/t40-,43-,44-,45-/m1/s1. The average Bonchev–Trinajstić information content (AvgIpc) is 3.62. The largest absolute Gasteiger partial charge is 0.408 e. The second kappa shape index (κ2) is 13.8. The lowest BCUT2D eigenvalue weighted by atomic mass is 9.80. The normalized spacial score (nSPS) is 20.7. The van der Waals surface area contributed by atoms with Gasteiger partial charge in [-0.1, -0.05) is 152 Å². The molecule has 0 radical (unpaired) electrons. The lowest BCUT2D eigenvalue weighted by Crippen LogP contribution is -2.44. The number of hydrogen-bond donors (Lipinski definition) is 1. The van der Waals surface area contributed by atoms with Crippen LogP contribution in [-0.4, -0.2) is 36.9 Å². The number of benzene rings is 7. The predicted molar refractivity (Wildman–Crippen MR) is 218 cm³/mol. The Morgan fingerprint density at radius 3 is 1.56 bits per heavy atom. The van der Waals surface area contributed by atoms with Gasteiger partial charge in [-0.3, -0.25) is 0 Å². The second-order valence-corrected chi connectivity index (χ2v) is 15.8. The van der Waals surface area contributed by atoms with Crippen LogP contribution >= 0.6 is 8.16 Å². The monoisotopic (exact) mass is 745 g/mol. The third-order valence-corrected chi connectivity index (χ3v) is 12.0. The Bertz CT molecular complexity index is 2490. The molecule has 0 aliphatic carbocycles. The van der Waals surface area contributed by atoms with Crippen molar-refractivity contribution < 1.29 is 27.3 Å². The van der Waals surface area contributed by atoms with Gasteiger partial charge in [-0.05, 0) is 64.2 Å². The third-order valence-electron chi connectivity index (χ3n) is 10.8. The smallest absolute Gasteiger partial charge is 0.307 e. The van der Waals surface area contributed by atoms with Gasteiger partial charge in [-0.15, -0.1) is 0 Å². The molecule has 1 aromatic heterocycles. The van der Waals surface area contributed by atoms with E-state index in [2.05, 4.69) is 151 Å². The van der Waals surface area contributed by atoms with E-state index >= 15 is 0 Å². The van der Waals surface area contributed by atoms with Crippen LogP contribution in [0.4, 0.5) is 0 Å². The Hall–Kier alpha value is -5.24. The summed E-state index contributed by atoms with van der Waals surface area (Å²) in [5.41, 5.74) is 3.59. The van der Waals surface area contributed by atoms with Crippen molar-refractivity contribution in [3.63, 3.8) is 0 Å². The number of nitrogens with one attached hydrogen (secondary N) is 1. The number of fused-ring (bicyclic) bond motifs is 8. The number of ether oxygens (including phenoxy) is 4. The first-order valence-electron chi connectivity index (χ1n) is 18.7. The SMILES string of the molecule is CC1(C)O[C@H]2O[C@H](COC(c3ccccc3)(c3ccccc3)c3ccccc3)[C@@H](Np3oc4ccc5ccccc5c4c4c(ccc5ccccc54)o3)[C@H]2O1. The topological polar surface area (TPSA) is 75.2 Å². The molecule has 2 aliphatic heterocycles. The molecule has 0 amide bonds. The quantitative estimate of drug-likeness (QED) is 0.155. The van der Waals surface area contributed by atoms with Crippen LogP contribution in [0.5, 0.6) is 0 Å². The van der Waals surface area contributed by atoms with E-state index in [4.69, 9.17) is 27.3 Å². The Kier molecular flexibility index (Phi) is 8.60. The summed E-state index contributed by atoms with van der Waals surface area (Å²) in [7, 11) is -1.77. The van der Waals surface area contributed by atoms with E-state index in [1.165, 1.54) is 0 Å². The fourth-order valence-electron chi connectivity index (χ4n) is 8.39. The van der Waals surface area contributed by atoms with Crippen LogP contribution in [0.15, 0.2) is 172 Å². The van der Waals surface area contributed by atoms with E-state index in [1.54, 1.807) is 0 Å². The molecule has 0 bridgehead atoms. The van der Waals surface area contributed by atoms with E-state index in [0.717, 1.165) is 60.2 Å². The van der Waals surface area contributed by atoms with Crippen molar-refractivity contribution in [2.75, 3.05) is 11.7 Å². The van der Waals surface area contributed by atoms with Crippen molar-refractivity contribution in [3.8, 4) is 0 Å². The molecule has 0 spiro atoms. The van der Waals surface area contributed by atoms with Crippen molar-refractivity contribution >= 4 is 51.6 Å². The van der Waals surface area contributed by atoms with Crippen LogP contribution in [0.2, 0.25) is 0 Å². The Morgan fingerprint density at radius 2 is 1.05 bits per heavy atom. The zero-order valence-corrected chi connectivity index (χ0v) is 31.4. The van der Waals surface area contributed by atoms with Crippen molar-refractivity contribution in [3.05, 3.63) is 180 Å². The van der Waals surface area contributed by atoms with Gasteiger partial charge in [0.1, 0.15) is 29.0 Å². The fraction of sp³-hybridized carbons (Fsp3) is 0.191. The van der Waals surface area contributed by atoms with Crippen LogP contribution in [0.1, 0.15) is 30.5 Å². The molecule has 8 aromatic rings. The van der Waals surface area contributed by atoms with E-state index in [0.29, 0.717) is 0 Å². The first-order chi connectivity index (χ1) is 27.0. The van der Waals surface area contributed by atoms with Crippen LogP contribution in [0.25, 0.3) is 43.5 Å². The molecule has 10 rings (SSSR count). The second-order valence-electron chi connectivity index (χ2n) is 14.6. The van der Waals surface area contributed by atoms with Crippen LogP contribution in [0.3, 0.4) is 0 Å². The summed E-state index contributed by atoms with van der Waals surface area (Å²) in [6.07, 6.45) is -1.56. The van der Waals surface area contributed by atoms with Crippen molar-refractivity contribution in [1.82, 2.24) is 0 Å². The van der Waals surface area contributed by atoms with Crippen LogP contribution in [0, 0.1) is 0 Å². The lowest BCUT2D eigenvalue weighted by Gasteiger charge is -2.37. The summed E-state index contributed by atoms with van der Waals surface area (Å²) in [6, 6.07) is 55.8. The predicted octanol–water partition coefficient (Wildman–Crippen LogP) is 11.4. The maximum atomic E-state index is 7.29. The molecule has 2 saturated heterocycles. The maximum Gasteiger partial charge on any atom is 0.307 e. The molecule has 0 saturated carbocycles. The third kappa shape index (κ3) is 6.05. The molecule has 4 atom stereocenters. The van der Waals surface area contributed by atoms with Crippen molar-refractivity contribution in [2.45, 2.75) is 49.8 Å². The maximum absolute atomic E-state index is 7.29. The average molecular weight is 746 g/mol. The minimum atomic E-state index is -1.77. The van der Waals surface area contributed by atoms with Gasteiger partial charge >= 0.3 is 8.16 Å². The van der Waals surface area contributed by atoms with Crippen LogP contribution < -0.4 is 5.09 Å². The molecule has 2 aliphatic rings. The van der Waals surface area contributed by atoms with Crippen molar-refractivity contribution in [2.24, 2.45) is 0 Å².